The highest BCUT2D eigenvalue weighted by molar-refractivity contribution is 6.01. The zero-order chi connectivity index (χ0) is 19.7. The standard InChI is InChI=1S/C24H22N2O2/c1-16-7-6-10-19(13-16)24(28)26-15-22(27)25-21-12-11-17(2)14-20(21)23(26)18-8-4-3-5-9-18/h3-14,23H,15H2,1-2H3,(H,25,27)/t23-/m0/s1. The van der Waals surface area contributed by atoms with Gasteiger partial charge >= 0.3 is 0 Å². The quantitative estimate of drug-likeness (QED) is 0.723. The van der Waals surface area contributed by atoms with Crippen molar-refractivity contribution in [1.29, 1.82) is 0 Å². The summed E-state index contributed by atoms with van der Waals surface area (Å²) in [5.41, 5.74) is 5.34. The van der Waals surface area contributed by atoms with Gasteiger partial charge in [0.2, 0.25) is 5.91 Å². The first-order chi connectivity index (χ1) is 13.5. The minimum absolute atomic E-state index is 0.0000633. The number of nitrogens with zero attached hydrogens (tertiary/aromatic N) is 1. The summed E-state index contributed by atoms with van der Waals surface area (Å²) in [5.74, 6) is -0.341. The Kier molecular flexibility index (Phi) is 4.70. The molecule has 0 saturated heterocycles. The van der Waals surface area contributed by atoms with Gasteiger partial charge in [-0.2, -0.15) is 0 Å². The first-order valence-electron chi connectivity index (χ1n) is 9.36. The molecule has 0 bridgehead atoms. The van der Waals surface area contributed by atoms with Crippen molar-refractivity contribution in [3.8, 4) is 0 Å². The van der Waals surface area contributed by atoms with Gasteiger partial charge in [0.1, 0.15) is 6.54 Å². The lowest BCUT2D eigenvalue weighted by Gasteiger charge is -2.31. The van der Waals surface area contributed by atoms with Crippen molar-refractivity contribution < 1.29 is 9.59 Å². The molecule has 2 amide bonds. The maximum Gasteiger partial charge on any atom is 0.255 e. The monoisotopic (exact) mass is 370 g/mol. The van der Waals surface area contributed by atoms with Gasteiger partial charge in [0, 0.05) is 16.8 Å². The van der Waals surface area contributed by atoms with Crippen LogP contribution in [-0.4, -0.2) is 23.3 Å². The first kappa shape index (κ1) is 18.0. The van der Waals surface area contributed by atoms with Crippen molar-refractivity contribution in [2.24, 2.45) is 0 Å². The number of carbonyl (C=O) groups excluding carboxylic acids is 2. The number of rotatable bonds is 2. The van der Waals surface area contributed by atoms with Crippen LogP contribution in [0.4, 0.5) is 5.69 Å². The summed E-state index contributed by atoms with van der Waals surface area (Å²) in [4.78, 5) is 27.8. The van der Waals surface area contributed by atoms with E-state index in [1.807, 2.05) is 74.5 Å². The van der Waals surface area contributed by atoms with Crippen LogP contribution in [-0.2, 0) is 4.79 Å². The fourth-order valence-electron chi connectivity index (χ4n) is 3.75. The van der Waals surface area contributed by atoms with Gasteiger partial charge in [-0.1, -0.05) is 65.7 Å². The summed E-state index contributed by atoms with van der Waals surface area (Å²) in [7, 11) is 0. The van der Waals surface area contributed by atoms with Crippen LogP contribution in [0.1, 0.15) is 38.7 Å². The number of carbonyl (C=O) groups is 2. The smallest absolute Gasteiger partial charge is 0.255 e. The topological polar surface area (TPSA) is 49.4 Å². The number of benzene rings is 3. The number of amides is 2. The lowest BCUT2D eigenvalue weighted by molar-refractivity contribution is -0.117. The highest BCUT2D eigenvalue weighted by Gasteiger charge is 2.33. The van der Waals surface area contributed by atoms with Crippen molar-refractivity contribution in [2.45, 2.75) is 19.9 Å². The third kappa shape index (κ3) is 3.41. The van der Waals surface area contributed by atoms with Crippen LogP contribution < -0.4 is 5.32 Å². The van der Waals surface area contributed by atoms with Gasteiger partial charge in [0.05, 0.1) is 6.04 Å². The molecule has 140 valence electrons. The number of fused-ring (bicyclic) bond motifs is 1. The van der Waals surface area contributed by atoms with E-state index in [1.165, 1.54) is 0 Å². The van der Waals surface area contributed by atoms with Gasteiger partial charge in [-0.05, 0) is 37.6 Å². The van der Waals surface area contributed by atoms with Crippen molar-refractivity contribution in [2.75, 3.05) is 11.9 Å². The van der Waals surface area contributed by atoms with E-state index in [0.717, 1.165) is 27.9 Å². The summed E-state index contributed by atoms with van der Waals surface area (Å²) in [6.45, 7) is 3.97. The summed E-state index contributed by atoms with van der Waals surface area (Å²) in [6, 6.07) is 23.0. The molecule has 1 heterocycles. The Morgan fingerprint density at radius 2 is 1.68 bits per heavy atom. The van der Waals surface area contributed by atoms with Crippen LogP contribution in [0.3, 0.4) is 0 Å². The molecule has 0 saturated carbocycles. The van der Waals surface area contributed by atoms with E-state index >= 15 is 0 Å². The molecule has 1 aliphatic rings. The van der Waals surface area contributed by atoms with Gasteiger partial charge in [0.25, 0.3) is 5.91 Å². The van der Waals surface area contributed by atoms with Crippen molar-refractivity contribution >= 4 is 17.5 Å². The molecule has 3 aromatic carbocycles. The lowest BCUT2D eigenvalue weighted by Crippen LogP contribution is -2.39. The Balaban J connectivity index is 1.89. The number of hydrogen-bond acceptors (Lipinski definition) is 2. The molecule has 1 atom stereocenters. The molecule has 4 rings (SSSR count). The molecule has 0 aliphatic carbocycles. The summed E-state index contributed by atoms with van der Waals surface area (Å²) < 4.78 is 0. The van der Waals surface area contributed by atoms with Crippen LogP contribution in [0.2, 0.25) is 0 Å². The summed E-state index contributed by atoms with van der Waals surface area (Å²) in [5, 5.41) is 2.96. The minimum atomic E-state index is -0.344. The van der Waals surface area contributed by atoms with Gasteiger partial charge in [-0.25, -0.2) is 0 Å². The Morgan fingerprint density at radius 1 is 0.929 bits per heavy atom. The van der Waals surface area contributed by atoms with E-state index in [4.69, 9.17) is 0 Å². The first-order valence-corrected chi connectivity index (χ1v) is 9.36. The van der Waals surface area contributed by atoms with E-state index < -0.39 is 0 Å². The Hall–Kier alpha value is -3.40. The molecule has 4 heteroatoms. The van der Waals surface area contributed by atoms with Crippen LogP contribution >= 0.6 is 0 Å². The van der Waals surface area contributed by atoms with Crippen molar-refractivity contribution in [3.05, 3.63) is 101 Å². The van der Waals surface area contributed by atoms with Crippen LogP contribution in [0.15, 0.2) is 72.8 Å². The van der Waals surface area contributed by atoms with E-state index in [0.29, 0.717) is 5.56 Å². The second-order valence-electron chi connectivity index (χ2n) is 7.25. The number of nitrogens with one attached hydrogen (secondary N) is 1. The van der Waals surface area contributed by atoms with E-state index in [1.54, 1.807) is 11.0 Å². The largest absolute Gasteiger partial charge is 0.324 e. The molecule has 1 N–H and O–H groups in total. The predicted octanol–water partition coefficient (Wildman–Crippen LogP) is 4.49. The van der Waals surface area contributed by atoms with E-state index in [9.17, 15) is 9.59 Å². The van der Waals surface area contributed by atoms with Gasteiger partial charge < -0.3 is 10.2 Å². The second-order valence-corrected chi connectivity index (χ2v) is 7.25. The number of aryl methyl sites for hydroxylation is 2. The molecule has 0 radical (unpaired) electrons. The molecule has 28 heavy (non-hydrogen) atoms. The molecular formula is C24H22N2O2. The maximum atomic E-state index is 13.5. The molecule has 3 aromatic rings. The number of anilines is 1. The van der Waals surface area contributed by atoms with Gasteiger partial charge in [-0.3, -0.25) is 9.59 Å². The SMILES string of the molecule is Cc1cccc(C(=O)N2CC(=O)Nc3ccc(C)cc3[C@@H]2c2ccccc2)c1. The fourth-order valence-corrected chi connectivity index (χ4v) is 3.75. The number of hydrogen-bond donors (Lipinski definition) is 1. The van der Waals surface area contributed by atoms with Crippen LogP contribution in [0.25, 0.3) is 0 Å². The van der Waals surface area contributed by atoms with Crippen LogP contribution in [0.5, 0.6) is 0 Å². The molecule has 0 aromatic heterocycles. The fraction of sp³-hybridized carbons (Fsp3) is 0.167. The lowest BCUT2D eigenvalue weighted by atomic mass is 9.94. The Bertz CT molecular complexity index is 1040. The highest BCUT2D eigenvalue weighted by atomic mass is 16.2. The van der Waals surface area contributed by atoms with E-state index in [-0.39, 0.29) is 24.4 Å². The van der Waals surface area contributed by atoms with Crippen LogP contribution in [0, 0.1) is 13.8 Å². The highest BCUT2D eigenvalue weighted by Crippen LogP contribution is 2.37. The van der Waals surface area contributed by atoms with Crippen molar-refractivity contribution in [3.63, 3.8) is 0 Å². The summed E-state index contributed by atoms with van der Waals surface area (Å²) in [6.07, 6.45) is 0. The molecular weight excluding hydrogens is 348 g/mol. The van der Waals surface area contributed by atoms with Gasteiger partial charge in [-0.15, -0.1) is 0 Å². The summed E-state index contributed by atoms with van der Waals surface area (Å²) >= 11 is 0. The molecule has 4 nitrogen and oxygen atoms in total. The normalized spacial score (nSPS) is 16.1. The third-order valence-corrected chi connectivity index (χ3v) is 5.04. The molecule has 1 aliphatic heterocycles. The molecule has 0 unspecified atom stereocenters. The van der Waals surface area contributed by atoms with E-state index in [2.05, 4.69) is 11.4 Å². The second kappa shape index (κ2) is 7.31. The third-order valence-electron chi connectivity index (χ3n) is 5.04. The zero-order valence-electron chi connectivity index (χ0n) is 16.0. The average molecular weight is 370 g/mol. The Morgan fingerprint density at radius 3 is 2.43 bits per heavy atom. The van der Waals surface area contributed by atoms with Gasteiger partial charge in [0.15, 0.2) is 0 Å². The molecule has 0 fully saturated rings. The minimum Gasteiger partial charge on any atom is -0.324 e. The Labute approximate surface area is 164 Å². The predicted molar refractivity (Wildman–Crippen MR) is 110 cm³/mol. The van der Waals surface area contributed by atoms with Crippen molar-refractivity contribution in [1.82, 2.24) is 4.90 Å². The average Bonchev–Trinajstić information content (AvgIpc) is 2.83. The maximum absolute atomic E-state index is 13.5. The zero-order valence-corrected chi connectivity index (χ0v) is 16.0. The molecule has 0 spiro atoms.